The molecule has 1 heterocycles. The number of benzene rings is 2. The number of hydrazine groups is 1. The smallest absolute Gasteiger partial charge is 0.335 e. The Morgan fingerprint density at radius 3 is 2.48 bits per heavy atom. The first-order chi connectivity index (χ1) is 12.7. The van der Waals surface area contributed by atoms with E-state index in [-0.39, 0.29) is 10.5 Å². The molecule has 1 amide bonds. The molecule has 0 aliphatic rings. The van der Waals surface area contributed by atoms with Crippen molar-refractivity contribution in [3.05, 3.63) is 65.4 Å². The molecule has 8 nitrogen and oxygen atoms in total. The molecule has 0 atom stereocenters. The van der Waals surface area contributed by atoms with Crippen LogP contribution in [0.5, 0.6) is 0 Å². The molecule has 0 spiro atoms. The van der Waals surface area contributed by atoms with Crippen molar-refractivity contribution in [3.63, 3.8) is 0 Å². The number of carboxylic acids is 1. The lowest BCUT2D eigenvalue weighted by molar-refractivity contribution is 0.0695. The van der Waals surface area contributed by atoms with Gasteiger partial charge in [0.15, 0.2) is 0 Å². The van der Waals surface area contributed by atoms with Gasteiger partial charge in [-0.05, 0) is 30.7 Å². The molecule has 3 N–H and O–H groups in total. The largest absolute Gasteiger partial charge is 0.478 e. The summed E-state index contributed by atoms with van der Waals surface area (Å²) in [4.78, 5) is 25.4. The molecule has 2 aromatic carbocycles. The fraction of sp³-hybridized carbons (Fsp3) is 0.111. The third kappa shape index (κ3) is 3.55. The van der Waals surface area contributed by atoms with E-state index in [4.69, 9.17) is 5.11 Å². The molecule has 0 radical (unpaired) electrons. The summed E-state index contributed by atoms with van der Waals surface area (Å²) in [6.07, 6.45) is 1.60. The molecule has 0 saturated carbocycles. The molecule has 3 aromatic rings. The molecule has 0 bridgehead atoms. The first-order valence-electron chi connectivity index (χ1n) is 7.91. The molecule has 0 aliphatic carbocycles. The van der Waals surface area contributed by atoms with Crippen LogP contribution in [0.3, 0.4) is 0 Å². The van der Waals surface area contributed by atoms with Gasteiger partial charge in [-0.2, -0.15) is 0 Å². The average Bonchev–Trinajstić information content (AvgIpc) is 2.97. The zero-order chi connectivity index (χ0) is 19.8. The van der Waals surface area contributed by atoms with E-state index in [1.54, 1.807) is 36.9 Å². The predicted molar refractivity (Wildman–Crippen MR) is 98.8 cm³/mol. The third-order valence-electron chi connectivity index (χ3n) is 4.19. The van der Waals surface area contributed by atoms with Crippen LogP contribution in [0.15, 0.2) is 53.6 Å². The second-order valence-corrected chi connectivity index (χ2v) is 7.69. The average molecular weight is 387 g/mol. The Bertz CT molecular complexity index is 1160. The van der Waals surface area contributed by atoms with Gasteiger partial charge >= 0.3 is 5.97 Å². The monoisotopic (exact) mass is 387 g/mol. The Labute approximate surface area is 155 Å². The summed E-state index contributed by atoms with van der Waals surface area (Å²) in [7, 11) is -2.35. The molecule has 3 rings (SSSR count). The number of fused-ring (bicyclic) bond motifs is 1. The van der Waals surface area contributed by atoms with Crippen molar-refractivity contribution in [3.8, 4) is 0 Å². The topological polar surface area (TPSA) is 118 Å². The van der Waals surface area contributed by atoms with E-state index in [9.17, 15) is 18.0 Å². The highest BCUT2D eigenvalue weighted by atomic mass is 32.2. The number of sulfonamides is 1. The standard InChI is InChI=1S/C18H17N3O5S/c1-11-7-8-12(9-14(11)18(23)24)27(25,26)20-19-17(22)15-10-21(2)16-6-4-3-5-13(15)16/h3-10,20H,1-2H3,(H,19,22)(H,23,24). The number of carbonyl (C=O) groups is 2. The van der Waals surface area contributed by atoms with Gasteiger partial charge in [-0.25, -0.2) is 13.2 Å². The molecule has 9 heteroatoms. The molecule has 140 valence electrons. The van der Waals surface area contributed by atoms with Gasteiger partial charge in [0, 0.05) is 24.1 Å². The van der Waals surface area contributed by atoms with Crippen LogP contribution in [-0.4, -0.2) is 30.0 Å². The quantitative estimate of drug-likeness (QED) is 0.577. The van der Waals surface area contributed by atoms with Crippen LogP contribution >= 0.6 is 0 Å². The molecular formula is C18H17N3O5S. The fourth-order valence-electron chi connectivity index (χ4n) is 2.76. The van der Waals surface area contributed by atoms with Crippen LogP contribution in [0.2, 0.25) is 0 Å². The predicted octanol–water partition coefficient (Wildman–Crippen LogP) is 1.81. The number of aromatic nitrogens is 1. The Hall–Kier alpha value is -3.17. The van der Waals surface area contributed by atoms with E-state index in [1.165, 1.54) is 12.1 Å². The maximum Gasteiger partial charge on any atom is 0.335 e. The van der Waals surface area contributed by atoms with Crippen molar-refractivity contribution >= 4 is 32.8 Å². The van der Waals surface area contributed by atoms with E-state index < -0.39 is 21.9 Å². The summed E-state index contributed by atoms with van der Waals surface area (Å²) < 4.78 is 26.6. The number of hydrogen-bond acceptors (Lipinski definition) is 4. The molecule has 0 aliphatic heterocycles. The number of carboxylic acid groups (broad SMARTS) is 1. The Kier molecular flexibility index (Phi) is 4.73. The summed E-state index contributed by atoms with van der Waals surface area (Å²) in [5.74, 6) is -1.86. The van der Waals surface area contributed by atoms with Gasteiger partial charge < -0.3 is 9.67 Å². The van der Waals surface area contributed by atoms with Crippen molar-refractivity contribution in [2.24, 2.45) is 7.05 Å². The second-order valence-electron chi connectivity index (χ2n) is 6.01. The normalized spacial score (nSPS) is 11.5. The Balaban J connectivity index is 1.84. The number of aromatic carboxylic acids is 1. The number of amides is 1. The minimum Gasteiger partial charge on any atom is -0.478 e. The maximum absolute atomic E-state index is 12.4. The molecule has 27 heavy (non-hydrogen) atoms. The Morgan fingerprint density at radius 1 is 1.07 bits per heavy atom. The van der Waals surface area contributed by atoms with Gasteiger partial charge in [0.2, 0.25) is 0 Å². The first kappa shape index (κ1) is 18.6. The van der Waals surface area contributed by atoms with E-state index >= 15 is 0 Å². The summed E-state index contributed by atoms with van der Waals surface area (Å²) >= 11 is 0. The van der Waals surface area contributed by atoms with Crippen molar-refractivity contribution in [2.45, 2.75) is 11.8 Å². The van der Waals surface area contributed by atoms with Crippen LogP contribution < -0.4 is 10.3 Å². The van der Waals surface area contributed by atoms with Crippen molar-refractivity contribution < 1.29 is 23.1 Å². The number of hydrogen-bond donors (Lipinski definition) is 3. The van der Waals surface area contributed by atoms with Gasteiger partial charge in [0.1, 0.15) is 0 Å². The molecule has 0 fully saturated rings. The highest BCUT2D eigenvalue weighted by molar-refractivity contribution is 7.89. The van der Waals surface area contributed by atoms with Crippen molar-refractivity contribution in [1.29, 1.82) is 0 Å². The van der Waals surface area contributed by atoms with Gasteiger partial charge in [0.05, 0.1) is 16.0 Å². The zero-order valence-electron chi connectivity index (χ0n) is 14.6. The maximum atomic E-state index is 12.4. The molecular weight excluding hydrogens is 370 g/mol. The summed E-state index contributed by atoms with van der Waals surface area (Å²) in [5.41, 5.74) is 3.61. The number of nitrogens with one attached hydrogen (secondary N) is 2. The molecule has 1 aromatic heterocycles. The van der Waals surface area contributed by atoms with E-state index in [0.717, 1.165) is 11.6 Å². The highest BCUT2D eigenvalue weighted by Crippen LogP contribution is 2.20. The van der Waals surface area contributed by atoms with Crippen molar-refractivity contribution in [1.82, 2.24) is 14.8 Å². The molecule has 0 unspecified atom stereocenters. The van der Waals surface area contributed by atoms with Gasteiger partial charge in [-0.1, -0.05) is 24.3 Å². The lowest BCUT2D eigenvalue weighted by Gasteiger charge is -2.09. The van der Waals surface area contributed by atoms with Gasteiger partial charge in [-0.3, -0.25) is 10.2 Å². The lowest BCUT2D eigenvalue weighted by Crippen LogP contribution is -2.41. The minimum absolute atomic E-state index is 0.127. The first-order valence-corrected chi connectivity index (χ1v) is 9.39. The third-order valence-corrected chi connectivity index (χ3v) is 5.44. The number of aryl methyl sites for hydroxylation is 2. The van der Waals surface area contributed by atoms with Crippen molar-refractivity contribution in [2.75, 3.05) is 0 Å². The van der Waals surface area contributed by atoms with E-state index in [2.05, 4.69) is 5.43 Å². The van der Waals surface area contributed by atoms with Crippen LogP contribution in [0.4, 0.5) is 0 Å². The molecule has 0 saturated heterocycles. The fourth-order valence-corrected chi connectivity index (χ4v) is 3.63. The zero-order valence-corrected chi connectivity index (χ0v) is 15.4. The summed E-state index contributed by atoms with van der Waals surface area (Å²) in [5, 5.41) is 9.82. The second kappa shape index (κ2) is 6.86. The summed E-state index contributed by atoms with van der Waals surface area (Å²) in [6, 6.07) is 10.9. The van der Waals surface area contributed by atoms with E-state index in [1.807, 2.05) is 17.0 Å². The number of para-hydroxylation sites is 1. The van der Waals surface area contributed by atoms with Crippen LogP contribution in [0.25, 0.3) is 10.9 Å². The number of carbonyl (C=O) groups excluding carboxylic acids is 1. The van der Waals surface area contributed by atoms with Crippen LogP contribution in [0, 0.1) is 6.92 Å². The highest BCUT2D eigenvalue weighted by Gasteiger charge is 2.20. The minimum atomic E-state index is -4.13. The Morgan fingerprint density at radius 2 is 1.78 bits per heavy atom. The summed E-state index contributed by atoms with van der Waals surface area (Å²) in [6.45, 7) is 1.57. The van der Waals surface area contributed by atoms with Crippen LogP contribution in [-0.2, 0) is 17.1 Å². The number of nitrogens with zero attached hydrogens (tertiary/aromatic N) is 1. The van der Waals surface area contributed by atoms with E-state index in [0.29, 0.717) is 16.5 Å². The lowest BCUT2D eigenvalue weighted by atomic mass is 10.1. The number of rotatable bonds is 5. The van der Waals surface area contributed by atoms with Crippen LogP contribution in [0.1, 0.15) is 26.3 Å². The SMILES string of the molecule is Cc1ccc(S(=O)(=O)NNC(=O)c2cn(C)c3ccccc23)cc1C(=O)O. The van der Waals surface area contributed by atoms with Gasteiger partial charge in [-0.15, -0.1) is 4.83 Å². The van der Waals surface area contributed by atoms with Gasteiger partial charge in [0.25, 0.3) is 15.9 Å².